The molecule has 4 nitrogen and oxygen atoms in total. The standard InChI is InChI=1S/C12H13ClN4/c13-12-15-11(10-7-4-8-17(10)16-12)14-9-5-2-1-3-6-9/h1-2,4,7-9H,3,5-6H2,(H,14,15,16)/t9-/m0/s1. The SMILES string of the molecule is Clc1nc(N[C@H]2CC=CCC2)c2cccn2n1. The number of fused-ring (bicyclic) bond motifs is 1. The molecule has 1 N–H and O–H groups in total. The largest absolute Gasteiger partial charge is 0.365 e. The summed E-state index contributed by atoms with van der Waals surface area (Å²) in [5.74, 6) is 0.815. The highest BCUT2D eigenvalue weighted by molar-refractivity contribution is 6.28. The second kappa shape index (κ2) is 4.37. The fraction of sp³-hybridized carbons (Fsp3) is 0.333. The quantitative estimate of drug-likeness (QED) is 0.831. The summed E-state index contributed by atoms with van der Waals surface area (Å²) in [6.07, 6.45) is 9.58. The highest BCUT2D eigenvalue weighted by Gasteiger charge is 2.13. The number of nitrogens with zero attached hydrogens (tertiary/aromatic N) is 3. The van der Waals surface area contributed by atoms with E-state index >= 15 is 0 Å². The summed E-state index contributed by atoms with van der Waals surface area (Å²) in [6, 6.07) is 4.36. The molecular weight excluding hydrogens is 236 g/mol. The van der Waals surface area contributed by atoms with Crippen LogP contribution in [-0.2, 0) is 0 Å². The molecule has 0 amide bonds. The zero-order valence-electron chi connectivity index (χ0n) is 9.31. The van der Waals surface area contributed by atoms with Gasteiger partial charge in [-0.1, -0.05) is 12.2 Å². The fourth-order valence-electron chi connectivity index (χ4n) is 2.13. The van der Waals surface area contributed by atoms with E-state index < -0.39 is 0 Å². The van der Waals surface area contributed by atoms with Crippen molar-refractivity contribution >= 4 is 22.9 Å². The molecule has 1 aliphatic carbocycles. The summed E-state index contributed by atoms with van der Waals surface area (Å²) in [6.45, 7) is 0. The van der Waals surface area contributed by atoms with Gasteiger partial charge in [-0.25, -0.2) is 4.52 Å². The average molecular weight is 249 g/mol. The van der Waals surface area contributed by atoms with Crippen LogP contribution in [0.1, 0.15) is 19.3 Å². The zero-order valence-corrected chi connectivity index (χ0v) is 10.1. The van der Waals surface area contributed by atoms with Crippen molar-refractivity contribution in [3.63, 3.8) is 0 Å². The molecule has 0 unspecified atom stereocenters. The second-order valence-corrected chi connectivity index (χ2v) is 4.53. The van der Waals surface area contributed by atoms with E-state index in [1.54, 1.807) is 4.52 Å². The average Bonchev–Trinajstić information content (AvgIpc) is 2.78. The van der Waals surface area contributed by atoms with Crippen LogP contribution in [0.4, 0.5) is 5.82 Å². The topological polar surface area (TPSA) is 42.2 Å². The van der Waals surface area contributed by atoms with Crippen LogP contribution in [0.15, 0.2) is 30.5 Å². The van der Waals surface area contributed by atoms with Crippen LogP contribution >= 0.6 is 11.6 Å². The Kier molecular flexibility index (Phi) is 2.73. The Morgan fingerprint density at radius 3 is 3.18 bits per heavy atom. The molecule has 2 heterocycles. The number of hydrogen-bond donors (Lipinski definition) is 1. The molecule has 0 spiro atoms. The van der Waals surface area contributed by atoms with Crippen LogP contribution < -0.4 is 5.32 Å². The van der Waals surface area contributed by atoms with E-state index in [4.69, 9.17) is 11.6 Å². The van der Waals surface area contributed by atoms with Gasteiger partial charge in [-0.15, -0.1) is 5.10 Å². The monoisotopic (exact) mass is 248 g/mol. The highest BCUT2D eigenvalue weighted by atomic mass is 35.5. The van der Waals surface area contributed by atoms with Gasteiger partial charge in [0.25, 0.3) is 0 Å². The van der Waals surface area contributed by atoms with Crippen molar-refractivity contribution in [3.05, 3.63) is 35.8 Å². The van der Waals surface area contributed by atoms with Crippen molar-refractivity contribution in [1.29, 1.82) is 0 Å². The number of anilines is 1. The number of nitrogens with one attached hydrogen (secondary N) is 1. The Morgan fingerprint density at radius 2 is 2.35 bits per heavy atom. The van der Waals surface area contributed by atoms with Crippen molar-refractivity contribution in [2.45, 2.75) is 25.3 Å². The lowest BCUT2D eigenvalue weighted by Gasteiger charge is -2.20. The molecule has 0 bridgehead atoms. The van der Waals surface area contributed by atoms with Crippen LogP contribution in [0.3, 0.4) is 0 Å². The van der Waals surface area contributed by atoms with Crippen LogP contribution in [0.25, 0.3) is 5.52 Å². The Labute approximate surface area is 104 Å². The molecule has 17 heavy (non-hydrogen) atoms. The van der Waals surface area contributed by atoms with Crippen LogP contribution in [0.2, 0.25) is 5.28 Å². The lowest BCUT2D eigenvalue weighted by atomic mass is 10.0. The van der Waals surface area contributed by atoms with Gasteiger partial charge in [0.15, 0.2) is 5.82 Å². The molecule has 0 aliphatic heterocycles. The van der Waals surface area contributed by atoms with Crippen LogP contribution in [-0.4, -0.2) is 20.6 Å². The molecule has 0 saturated heterocycles. The van der Waals surface area contributed by atoms with Gasteiger partial charge < -0.3 is 5.32 Å². The summed E-state index contributed by atoms with van der Waals surface area (Å²) in [7, 11) is 0. The first-order chi connectivity index (χ1) is 8.33. The maximum Gasteiger partial charge on any atom is 0.243 e. The Bertz CT molecular complexity index is 561. The third kappa shape index (κ3) is 2.13. The fourth-order valence-corrected chi connectivity index (χ4v) is 2.30. The highest BCUT2D eigenvalue weighted by Crippen LogP contribution is 2.21. The van der Waals surface area contributed by atoms with Gasteiger partial charge in [0.1, 0.15) is 5.52 Å². The summed E-state index contributed by atoms with van der Waals surface area (Å²) in [5, 5.41) is 7.82. The molecule has 1 aliphatic rings. The Balaban J connectivity index is 1.93. The minimum absolute atomic E-state index is 0.266. The van der Waals surface area contributed by atoms with Crippen LogP contribution in [0.5, 0.6) is 0 Å². The van der Waals surface area contributed by atoms with Crippen LogP contribution in [0, 0.1) is 0 Å². The summed E-state index contributed by atoms with van der Waals surface area (Å²) >= 11 is 5.90. The number of allylic oxidation sites excluding steroid dienone is 1. The summed E-state index contributed by atoms with van der Waals surface area (Å²) in [5.41, 5.74) is 0.962. The van der Waals surface area contributed by atoms with Gasteiger partial charge in [0, 0.05) is 12.2 Å². The first-order valence-corrected chi connectivity index (χ1v) is 6.13. The van der Waals surface area contributed by atoms with E-state index in [-0.39, 0.29) is 5.28 Å². The van der Waals surface area contributed by atoms with E-state index in [0.717, 1.165) is 30.6 Å². The molecule has 2 aromatic rings. The minimum Gasteiger partial charge on any atom is -0.365 e. The maximum absolute atomic E-state index is 5.90. The zero-order chi connectivity index (χ0) is 11.7. The number of aromatic nitrogens is 3. The molecule has 0 radical (unpaired) electrons. The van der Waals surface area contributed by atoms with E-state index in [2.05, 4.69) is 27.6 Å². The molecule has 0 aromatic carbocycles. The van der Waals surface area contributed by atoms with Gasteiger partial charge in [-0.2, -0.15) is 4.98 Å². The number of rotatable bonds is 2. The van der Waals surface area contributed by atoms with E-state index in [1.807, 2.05) is 18.3 Å². The first-order valence-electron chi connectivity index (χ1n) is 5.75. The first kappa shape index (κ1) is 10.6. The van der Waals surface area contributed by atoms with Crippen molar-refractivity contribution in [1.82, 2.24) is 14.6 Å². The molecular formula is C12H13ClN4. The Hall–Kier alpha value is -1.55. The third-order valence-electron chi connectivity index (χ3n) is 2.98. The van der Waals surface area contributed by atoms with Gasteiger partial charge in [-0.3, -0.25) is 0 Å². The number of hydrogen-bond acceptors (Lipinski definition) is 3. The molecule has 1 atom stereocenters. The van der Waals surface area contributed by atoms with E-state index in [9.17, 15) is 0 Å². The third-order valence-corrected chi connectivity index (χ3v) is 3.14. The lowest BCUT2D eigenvalue weighted by molar-refractivity contribution is 0.641. The van der Waals surface area contributed by atoms with Gasteiger partial charge >= 0.3 is 0 Å². The van der Waals surface area contributed by atoms with Gasteiger partial charge in [-0.05, 0) is 43.0 Å². The van der Waals surface area contributed by atoms with Crippen molar-refractivity contribution in [3.8, 4) is 0 Å². The summed E-state index contributed by atoms with van der Waals surface area (Å²) in [4.78, 5) is 4.27. The van der Waals surface area contributed by atoms with Gasteiger partial charge in [0.2, 0.25) is 5.28 Å². The molecule has 88 valence electrons. The normalized spacial score (nSPS) is 19.7. The lowest BCUT2D eigenvalue weighted by Crippen LogP contribution is -2.21. The van der Waals surface area contributed by atoms with Gasteiger partial charge in [0.05, 0.1) is 0 Å². The molecule has 2 aromatic heterocycles. The number of halogens is 1. The van der Waals surface area contributed by atoms with E-state index in [1.165, 1.54) is 0 Å². The molecule has 0 saturated carbocycles. The minimum atomic E-state index is 0.266. The predicted octanol–water partition coefficient (Wildman–Crippen LogP) is 2.90. The van der Waals surface area contributed by atoms with Crippen molar-refractivity contribution in [2.75, 3.05) is 5.32 Å². The van der Waals surface area contributed by atoms with Crippen molar-refractivity contribution in [2.24, 2.45) is 0 Å². The summed E-state index contributed by atoms with van der Waals surface area (Å²) < 4.78 is 1.75. The van der Waals surface area contributed by atoms with E-state index in [0.29, 0.717) is 6.04 Å². The maximum atomic E-state index is 5.90. The molecule has 3 rings (SSSR count). The molecule has 0 fully saturated rings. The predicted molar refractivity (Wildman–Crippen MR) is 68.4 cm³/mol. The smallest absolute Gasteiger partial charge is 0.243 e. The Morgan fingerprint density at radius 1 is 1.41 bits per heavy atom. The van der Waals surface area contributed by atoms with Crippen molar-refractivity contribution < 1.29 is 0 Å². The second-order valence-electron chi connectivity index (χ2n) is 4.19. The molecule has 5 heteroatoms.